The molecule has 0 radical (unpaired) electrons. The average molecular weight is 447 g/mol. The van der Waals surface area contributed by atoms with E-state index in [0.717, 1.165) is 15.5 Å². The van der Waals surface area contributed by atoms with E-state index in [1.54, 1.807) is 54.5 Å². The number of nitrogens with one attached hydrogen (secondary N) is 1. The maximum atomic E-state index is 12.4. The number of nitrogens with two attached hydrogens (primary N) is 1. The van der Waals surface area contributed by atoms with E-state index in [0.29, 0.717) is 22.3 Å². The number of thioether (sulfide) groups is 1. The molecule has 160 valence electrons. The van der Waals surface area contributed by atoms with E-state index in [9.17, 15) is 9.59 Å². The molecule has 0 bridgehead atoms. The fourth-order valence-corrected chi connectivity index (χ4v) is 4.05. The molecule has 1 aromatic carbocycles. The van der Waals surface area contributed by atoms with E-state index < -0.39 is 5.91 Å². The van der Waals surface area contributed by atoms with Crippen LogP contribution in [0.2, 0.25) is 0 Å². The van der Waals surface area contributed by atoms with Crippen molar-refractivity contribution in [1.82, 2.24) is 9.97 Å². The summed E-state index contributed by atoms with van der Waals surface area (Å²) in [7, 11) is 0. The summed E-state index contributed by atoms with van der Waals surface area (Å²) in [6.07, 6.45) is 6.35. The number of anilines is 1. The number of thiazole rings is 1. The molecule has 9 heteroatoms. The van der Waals surface area contributed by atoms with Crippen molar-refractivity contribution < 1.29 is 16.9 Å². The molecular weight excluding hydrogens is 420 g/mol. The minimum absolute atomic E-state index is 0. The Labute approximate surface area is 185 Å². The van der Waals surface area contributed by atoms with Gasteiger partial charge in [0.15, 0.2) is 5.13 Å². The fraction of sp³-hybridized carbons (Fsp3) is 0.238. The number of amides is 2. The van der Waals surface area contributed by atoms with Gasteiger partial charge in [0.2, 0.25) is 11.8 Å². The number of carbonyl (C=O) groups excluding carboxylic acids is 2. The van der Waals surface area contributed by atoms with Gasteiger partial charge in [-0.05, 0) is 23.8 Å². The summed E-state index contributed by atoms with van der Waals surface area (Å²) in [6.45, 7) is 6.23. The third-order valence-electron chi connectivity index (χ3n) is 3.95. The minimum Gasteiger partial charge on any atom is -0.444 e. The number of benzene rings is 1. The first-order valence-electron chi connectivity index (χ1n) is 9.13. The molecule has 3 rings (SSSR count). The molecule has 2 amide bonds. The molecule has 30 heavy (non-hydrogen) atoms. The van der Waals surface area contributed by atoms with Crippen molar-refractivity contribution in [3.63, 3.8) is 0 Å². The topological polar surface area (TPSA) is 111 Å². The summed E-state index contributed by atoms with van der Waals surface area (Å²) >= 11 is 2.94. The minimum atomic E-state index is -0.522. The molecule has 3 aromatic rings. The van der Waals surface area contributed by atoms with Gasteiger partial charge in [0.1, 0.15) is 5.76 Å². The van der Waals surface area contributed by atoms with Gasteiger partial charge in [-0.1, -0.05) is 44.2 Å². The zero-order valence-electron chi connectivity index (χ0n) is 16.8. The summed E-state index contributed by atoms with van der Waals surface area (Å²) in [4.78, 5) is 31.8. The number of hydrogen-bond acceptors (Lipinski definition) is 7. The molecule has 0 spiro atoms. The molecule has 3 N–H and O–H groups in total. The van der Waals surface area contributed by atoms with Gasteiger partial charge >= 0.3 is 0 Å². The smallest absolute Gasteiger partial charge is 0.257 e. The molecule has 0 saturated carbocycles. The molecule has 0 aliphatic rings. The Morgan fingerprint density at radius 2 is 1.97 bits per heavy atom. The van der Waals surface area contributed by atoms with Crippen LogP contribution in [-0.2, 0) is 16.0 Å². The molecule has 0 fully saturated rings. The van der Waals surface area contributed by atoms with Crippen LogP contribution in [0.1, 0.15) is 51.2 Å². The predicted octanol–water partition coefficient (Wildman–Crippen LogP) is 4.96. The van der Waals surface area contributed by atoms with Crippen molar-refractivity contribution >= 4 is 46.1 Å². The SMILES string of the molecule is CC(C)(C)c1cnc(CSc2cnc(NC(=O)c3ccc(/C=C/C(N)=O)cc3)s2)o1.[HH].[HH]. The number of nitrogens with zero attached hydrogens (tertiary/aromatic N) is 2. The van der Waals surface area contributed by atoms with E-state index in [4.69, 9.17) is 10.2 Å². The van der Waals surface area contributed by atoms with Crippen LogP contribution < -0.4 is 11.1 Å². The van der Waals surface area contributed by atoms with Crippen LogP contribution in [0.4, 0.5) is 5.13 Å². The average Bonchev–Trinajstić information content (AvgIpc) is 3.34. The Morgan fingerprint density at radius 1 is 1.23 bits per heavy atom. The molecule has 0 aliphatic heterocycles. The number of carbonyl (C=O) groups is 2. The van der Waals surface area contributed by atoms with Gasteiger partial charge in [0, 0.05) is 19.9 Å². The van der Waals surface area contributed by atoms with Crippen molar-refractivity contribution in [2.75, 3.05) is 5.32 Å². The van der Waals surface area contributed by atoms with Crippen LogP contribution in [0.3, 0.4) is 0 Å². The number of primary amides is 1. The molecule has 0 saturated heterocycles. The highest BCUT2D eigenvalue weighted by Crippen LogP contribution is 2.32. The van der Waals surface area contributed by atoms with Crippen LogP contribution in [0.15, 0.2) is 51.4 Å². The highest BCUT2D eigenvalue weighted by atomic mass is 32.2. The monoisotopic (exact) mass is 446 g/mol. The summed E-state index contributed by atoms with van der Waals surface area (Å²) < 4.78 is 6.74. The van der Waals surface area contributed by atoms with Crippen LogP contribution in [0.25, 0.3) is 6.08 Å². The quantitative estimate of drug-likeness (QED) is 0.392. The maximum Gasteiger partial charge on any atom is 0.257 e. The van der Waals surface area contributed by atoms with E-state index in [2.05, 4.69) is 36.1 Å². The van der Waals surface area contributed by atoms with Gasteiger partial charge < -0.3 is 10.2 Å². The van der Waals surface area contributed by atoms with Crippen LogP contribution in [0.5, 0.6) is 0 Å². The van der Waals surface area contributed by atoms with E-state index in [1.807, 2.05) is 0 Å². The van der Waals surface area contributed by atoms with Crippen molar-refractivity contribution in [2.24, 2.45) is 5.73 Å². The first-order valence-corrected chi connectivity index (χ1v) is 10.9. The number of aromatic nitrogens is 2. The highest BCUT2D eigenvalue weighted by Gasteiger charge is 2.19. The van der Waals surface area contributed by atoms with Crippen molar-refractivity contribution in [1.29, 1.82) is 0 Å². The van der Waals surface area contributed by atoms with Gasteiger partial charge in [-0.25, -0.2) is 9.97 Å². The zero-order valence-corrected chi connectivity index (χ0v) is 18.5. The molecule has 2 aromatic heterocycles. The second kappa shape index (κ2) is 9.27. The van der Waals surface area contributed by atoms with E-state index in [-0.39, 0.29) is 14.2 Å². The van der Waals surface area contributed by atoms with Crippen LogP contribution >= 0.6 is 23.1 Å². The van der Waals surface area contributed by atoms with E-state index in [1.165, 1.54) is 17.4 Å². The van der Waals surface area contributed by atoms with Crippen LogP contribution in [-0.4, -0.2) is 21.8 Å². The second-order valence-electron chi connectivity index (χ2n) is 7.45. The Bertz CT molecular complexity index is 1070. The summed E-state index contributed by atoms with van der Waals surface area (Å²) in [5, 5.41) is 3.31. The predicted molar refractivity (Wildman–Crippen MR) is 124 cm³/mol. The lowest BCUT2D eigenvalue weighted by atomic mass is 9.94. The number of oxazole rings is 1. The summed E-state index contributed by atoms with van der Waals surface area (Å²) in [5.41, 5.74) is 6.27. The van der Waals surface area contributed by atoms with Gasteiger partial charge in [-0.2, -0.15) is 0 Å². The lowest BCUT2D eigenvalue weighted by Crippen LogP contribution is -2.11. The molecule has 0 aliphatic carbocycles. The first-order chi connectivity index (χ1) is 14.2. The lowest BCUT2D eigenvalue weighted by Gasteiger charge is -2.12. The third-order valence-corrected chi connectivity index (χ3v) is 6.04. The standard InChI is InChI=1S/C21H22N4O3S2.2H2/c1-21(2,3)15-10-23-17(28-15)12-29-18-11-24-20(30-18)25-19(27)14-7-4-13(5-8-14)6-9-16(22)26;;/h4-11H,12H2,1-3H3,(H2,22,26)(H,24,25,27);2*1H/b9-6+;;. The first kappa shape index (κ1) is 21.8. The molecular formula is C21H26N4O3S2. The van der Waals surface area contributed by atoms with Gasteiger partial charge in [-0.3, -0.25) is 14.9 Å². The van der Waals surface area contributed by atoms with Gasteiger partial charge in [-0.15, -0.1) is 11.8 Å². The highest BCUT2D eigenvalue weighted by molar-refractivity contribution is 8.00. The lowest BCUT2D eigenvalue weighted by molar-refractivity contribution is -0.113. The second-order valence-corrected chi connectivity index (χ2v) is 9.76. The zero-order chi connectivity index (χ0) is 21.7. The molecule has 0 atom stereocenters. The normalized spacial score (nSPS) is 11.7. The van der Waals surface area contributed by atoms with Crippen LogP contribution in [0, 0.1) is 0 Å². The van der Waals surface area contributed by atoms with Crippen molar-refractivity contribution in [3.05, 3.63) is 65.5 Å². The van der Waals surface area contributed by atoms with Crippen molar-refractivity contribution in [3.8, 4) is 0 Å². The molecule has 0 unspecified atom stereocenters. The summed E-state index contributed by atoms with van der Waals surface area (Å²) in [6, 6.07) is 6.82. The molecule has 7 nitrogen and oxygen atoms in total. The van der Waals surface area contributed by atoms with Gasteiger partial charge in [0.25, 0.3) is 5.91 Å². The largest absolute Gasteiger partial charge is 0.444 e. The maximum absolute atomic E-state index is 12.4. The van der Waals surface area contributed by atoms with Crippen molar-refractivity contribution in [2.45, 2.75) is 36.1 Å². The Morgan fingerprint density at radius 3 is 2.60 bits per heavy atom. The fourth-order valence-electron chi connectivity index (χ4n) is 2.33. The Hall–Kier alpha value is -2.91. The number of hydrogen-bond donors (Lipinski definition) is 2. The third kappa shape index (κ3) is 6.04. The summed E-state index contributed by atoms with van der Waals surface area (Å²) in [5.74, 6) is 1.33. The Balaban J connectivity index is 0.00000256. The number of rotatable bonds is 7. The molecule has 2 heterocycles. The Kier molecular flexibility index (Phi) is 6.73. The van der Waals surface area contributed by atoms with E-state index >= 15 is 0 Å². The van der Waals surface area contributed by atoms with Gasteiger partial charge in [0.05, 0.1) is 22.4 Å².